The highest BCUT2D eigenvalue weighted by atomic mass is 35.5. The number of fused-ring (bicyclic) bond motifs is 1. The molecule has 0 atom stereocenters. The molecule has 0 aliphatic rings. The smallest absolute Gasteiger partial charge is 0.340 e. The van der Waals surface area contributed by atoms with Gasteiger partial charge in [-0.05, 0) is 36.6 Å². The maximum atomic E-state index is 12.6. The zero-order chi connectivity index (χ0) is 20.4. The van der Waals surface area contributed by atoms with Crippen LogP contribution in [0.5, 0.6) is 0 Å². The van der Waals surface area contributed by atoms with Crippen LogP contribution >= 0.6 is 24.0 Å². The molecule has 7 nitrogen and oxygen atoms in total. The van der Waals surface area contributed by atoms with Gasteiger partial charge >= 0.3 is 12.0 Å². The molecule has 154 valence electrons. The summed E-state index contributed by atoms with van der Waals surface area (Å²) in [6.45, 7) is 5.99. The number of carbonyl (C=O) groups is 2. The number of ether oxygens (including phenoxy) is 1. The Morgan fingerprint density at radius 1 is 1.34 bits per heavy atom. The van der Waals surface area contributed by atoms with Crippen molar-refractivity contribution in [2.75, 3.05) is 11.9 Å². The maximum Gasteiger partial charge on any atom is 0.340 e. The predicted octanol–water partition coefficient (Wildman–Crippen LogP) is 4.90. The molecular weight excluding hydrogens is 415 g/mol. The molecule has 3 N–H and O–H groups in total. The highest BCUT2D eigenvalue weighted by molar-refractivity contribution is 6.30. The van der Waals surface area contributed by atoms with Crippen LogP contribution in [-0.2, 0) is 4.74 Å². The molecule has 2 heterocycles. The largest absolute Gasteiger partial charge is 0.462 e. The van der Waals surface area contributed by atoms with E-state index in [1.165, 1.54) is 10.8 Å². The summed E-state index contributed by atoms with van der Waals surface area (Å²) in [5.41, 5.74) is 7.62. The molecule has 0 fully saturated rings. The molecule has 0 saturated carbocycles. The van der Waals surface area contributed by atoms with Gasteiger partial charge in [0.05, 0.1) is 12.2 Å². The van der Waals surface area contributed by atoms with Gasteiger partial charge in [0.15, 0.2) is 5.82 Å². The van der Waals surface area contributed by atoms with Crippen LogP contribution in [0.25, 0.3) is 10.9 Å². The van der Waals surface area contributed by atoms with Gasteiger partial charge in [-0.1, -0.05) is 31.5 Å². The summed E-state index contributed by atoms with van der Waals surface area (Å²) in [6.07, 6.45) is 3.02. The average Bonchev–Trinajstić information content (AvgIpc) is 2.98. The van der Waals surface area contributed by atoms with Crippen molar-refractivity contribution in [3.8, 4) is 0 Å². The molecule has 0 radical (unpaired) electrons. The van der Waals surface area contributed by atoms with Crippen molar-refractivity contribution in [1.82, 2.24) is 9.55 Å². The summed E-state index contributed by atoms with van der Waals surface area (Å²) in [5.74, 6) is 0.0860. The fourth-order valence-corrected chi connectivity index (χ4v) is 3.09. The van der Waals surface area contributed by atoms with E-state index >= 15 is 0 Å². The Morgan fingerprint density at radius 3 is 2.69 bits per heavy atom. The van der Waals surface area contributed by atoms with Crippen LogP contribution < -0.4 is 11.1 Å². The van der Waals surface area contributed by atoms with Gasteiger partial charge in [-0.2, -0.15) is 0 Å². The van der Waals surface area contributed by atoms with Crippen molar-refractivity contribution in [2.24, 2.45) is 11.7 Å². The Bertz CT molecular complexity index is 1060. The summed E-state index contributed by atoms with van der Waals surface area (Å²) in [6, 6.07) is 6.40. The Hall–Kier alpha value is -2.77. The van der Waals surface area contributed by atoms with Crippen molar-refractivity contribution >= 4 is 58.4 Å². The van der Waals surface area contributed by atoms with E-state index in [0.717, 1.165) is 0 Å². The first-order chi connectivity index (χ1) is 13.3. The third-order valence-corrected chi connectivity index (χ3v) is 4.34. The van der Waals surface area contributed by atoms with E-state index in [2.05, 4.69) is 10.3 Å². The summed E-state index contributed by atoms with van der Waals surface area (Å²) >= 11 is 6.04. The second-order valence-electron chi connectivity index (χ2n) is 6.89. The number of nitrogens with two attached hydrogens (primary N) is 1. The normalized spacial score (nSPS) is 10.7. The quantitative estimate of drug-likeness (QED) is 0.553. The van der Waals surface area contributed by atoms with E-state index in [-0.39, 0.29) is 23.9 Å². The maximum absolute atomic E-state index is 12.6. The van der Waals surface area contributed by atoms with Crippen LogP contribution in [0.1, 0.15) is 29.8 Å². The lowest BCUT2D eigenvalue weighted by atomic mass is 10.1. The van der Waals surface area contributed by atoms with Crippen LogP contribution in [0.15, 0.2) is 36.7 Å². The lowest BCUT2D eigenvalue weighted by molar-refractivity contribution is 0.0461. The predicted molar refractivity (Wildman–Crippen MR) is 117 cm³/mol. The first-order valence-electron chi connectivity index (χ1n) is 8.78. The number of esters is 1. The molecule has 0 unspecified atom stereocenters. The summed E-state index contributed by atoms with van der Waals surface area (Å²) in [4.78, 5) is 28.9. The Balaban J connectivity index is 0.00000300. The van der Waals surface area contributed by atoms with E-state index in [4.69, 9.17) is 22.1 Å². The molecule has 29 heavy (non-hydrogen) atoms. The minimum Gasteiger partial charge on any atom is -0.462 e. The second-order valence-corrected chi connectivity index (χ2v) is 7.33. The third-order valence-electron chi connectivity index (χ3n) is 4.10. The number of anilines is 2. The number of benzene rings is 1. The van der Waals surface area contributed by atoms with Crippen molar-refractivity contribution < 1.29 is 14.3 Å². The van der Waals surface area contributed by atoms with Crippen LogP contribution in [-0.4, -0.2) is 28.2 Å². The SMILES string of the molecule is Cc1cn(C(N)=O)c2c(Nc3cccc(Cl)c3)ncc(C(=O)OCC(C)C)c12.Cl. The summed E-state index contributed by atoms with van der Waals surface area (Å²) < 4.78 is 6.62. The van der Waals surface area contributed by atoms with Gasteiger partial charge < -0.3 is 15.8 Å². The van der Waals surface area contributed by atoms with Gasteiger partial charge in [0.2, 0.25) is 0 Å². The van der Waals surface area contributed by atoms with Crippen molar-refractivity contribution in [3.05, 3.63) is 52.8 Å². The number of pyridine rings is 1. The summed E-state index contributed by atoms with van der Waals surface area (Å²) in [5, 5.41) is 4.25. The molecular formula is C20H22Cl2N4O3. The molecule has 0 bridgehead atoms. The Kier molecular flexibility index (Phi) is 7.11. The number of halogens is 2. The zero-order valence-corrected chi connectivity index (χ0v) is 17.8. The number of aromatic nitrogens is 2. The number of primary amides is 1. The summed E-state index contributed by atoms with van der Waals surface area (Å²) in [7, 11) is 0. The first kappa shape index (κ1) is 22.5. The fraction of sp³-hybridized carbons (Fsp3) is 0.250. The molecule has 3 aromatic rings. The van der Waals surface area contributed by atoms with Crippen LogP contribution in [0.4, 0.5) is 16.3 Å². The van der Waals surface area contributed by atoms with Crippen LogP contribution in [0, 0.1) is 12.8 Å². The van der Waals surface area contributed by atoms with Gasteiger partial charge in [-0.25, -0.2) is 14.6 Å². The highest BCUT2D eigenvalue weighted by Gasteiger charge is 2.22. The topological polar surface area (TPSA) is 99.2 Å². The molecule has 0 saturated heterocycles. The van der Waals surface area contributed by atoms with Gasteiger partial charge in [-0.15, -0.1) is 12.4 Å². The molecule has 1 aromatic carbocycles. The Morgan fingerprint density at radius 2 is 2.07 bits per heavy atom. The lowest BCUT2D eigenvalue weighted by Crippen LogP contribution is -2.19. The number of nitrogens with zero attached hydrogens (tertiary/aromatic N) is 2. The van der Waals surface area contributed by atoms with Crippen molar-refractivity contribution in [3.63, 3.8) is 0 Å². The van der Waals surface area contributed by atoms with E-state index in [9.17, 15) is 9.59 Å². The number of nitrogens with one attached hydrogen (secondary N) is 1. The number of hydrogen-bond acceptors (Lipinski definition) is 5. The van der Waals surface area contributed by atoms with E-state index in [1.54, 1.807) is 31.3 Å². The van der Waals surface area contributed by atoms with Crippen LogP contribution in [0.3, 0.4) is 0 Å². The van der Waals surface area contributed by atoms with Crippen molar-refractivity contribution in [2.45, 2.75) is 20.8 Å². The average molecular weight is 437 g/mol. The van der Waals surface area contributed by atoms with Gasteiger partial charge in [0, 0.05) is 28.5 Å². The van der Waals surface area contributed by atoms with E-state index in [0.29, 0.717) is 39.6 Å². The van der Waals surface area contributed by atoms with Gasteiger partial charge in [0.1, 0.15) is 5.52 Å². The highest BCUT2D eigenvalue weighted by Crippen LogP contribution is 2.32. The number of carbonyl (C=O) groups excluding carboxylic acids is 2. The lowest BCUT2D eigenvalue weighted by Gasteiger charge is -2.12. The fourth-order valence-electron chi connectivity index (χ4n) is 2.90. The number of rotatable bonds is 5. The second kappa shape index (κ2) is 9.15. The first-order valence-corrected chi connectivity index (χ1v) is 9.16. The molecule has 3 rings (SSSR count). The molecule has 0 spiro atoms. The minimum atomic E-state index is -0.679. The molecule has 2 aromatic heterocycles. The molecule has 0 aliphatic heterocycles. The Labute approximate surface area is 179 Å². The van der Waals surface area contributed by atoms with Crippen LogP contribution in [0.2, 0.25) is 5.02 Å². The van der Waals surface area contributed by atoms with Crippen molar-refractivity contribution in [1.29, 1.82) is 0 Å². The number of hydrogen-bond donors (Lipinski definition) is 2. The molecule has 9 heteroatoms. The minimum absolute atomic E-state index is 0. The van der Waals surface area contributed by atoms with Gasteiger partial charge in [-0.3, -0.25) is 4.57 Å². The molecule has 0 aliphatic carbocycles. The van der Waals surface area contributed by atoms with Gasteiger partial charge in [0.25, 0.3) is 0 Å². The number of aryl methyl sites for hydroxylation is 1. The standard InChI is InChI=1S/C20H21ClN4O3.ClH/c1-11(2)10-28-19(26)15-8-23-18(24-14-6-4-5-13(21)7-14)17-16(15)12(3)9-25(17)20(22)27;/h4-9,11H,10H2,1-3H3,(H2,22,27)(H,23,24);1H. The third kappa shape index (κ3) is 4.81. The zero-order valence-electron chi connectivity index (χ0n) is 16.2. The number of amides is 1. The monoisotopic (exact) mass is 436 g/mol. The van der Waals surface area contributed by atoms with E-state index < -0.39 is 12.0 Å². The van der Waals surface area contributed by atoms with E-state index in [1.807, 2.05) is 19.9 Å². The molecule has 1 amide bonds.